The molecule has 0 spiro atoms. The maximum atomic E-state index is 11.9. The summed E-state index contributed by atoms with van der Waals surface area (Å²) in [5.74, 6) is 0.378. The van der Waals surface area contributed by atoms with E-state index >= 15 is 0 Å². The number of nitrogens with two attached hydrogens (primary N) is 2. The average Bonchev–Trinajstić information content (AvgIpc) is 3.16. The Morgan fingerprint density at radius 2 is 1.79 bits per heavy atom. The van der Waals surface area contributed by atoms with Crippen LogP contribution in [0.15, 0.2) is 11.2 Å². The van der Waals surface area contributed by atoms with Crippen LogP contribution in [0.1, 0.15) is 23.5 Å². The smallest absolute Gasteiger partial charge is 0.387 e. The number of aromatic nitrogens is 1. The van der Waals surface area contributed by atoms with E-state index in [2.05, 4.69) is 23.5 Å². The summed E-state index contributed by atoms with van der Waals surface area (Å²) in [5.41, 5.74) is 12.8. The number of aliphatic imine (C=N–C) groups is 1. The van der Waals surface area contributed by atoms with Crippen molar-refractivity contribution in [1.29, 1.82) is 0 Å². The zero-order chi connectivity index (χ0) is 24.8. The number of ether oxygens (including phenoxy) is 1. The molecule has 18 nitrogen and oxygen atoms in total. The fourth-order valence-corrected chi connectivity index (χ4v) is 6.29. The van der Waals surface area contributed by atoms with E-state index in [9.17, 15) is 28.8 Å². The van der Waals surface area contributed by atoms with Crippen LogP contribution in [0.3, 0.4) is 0 Å². The lowest BCUT2D eigenvalue weighted by atomic mass is 10.1. The van der Waals surface area contributed by atoms with Gasteiger partial charge in [-0.05, 0) is 5.56 Å². The van der Waals surface area contributed by atoms with Crippen LogP contribution in [0.4, 0.5) is 5.82 Å². The minimum absolute atomic E-state index is 0.0705. The van der Waals surface area contributed by atoms with E-state index < -0.39 is 60.8 Å². The average molecular weight is 537 g/mol. The Bertz CT molecular complexity index is 1060. The first kappa shape index (κ1) is 26.6. The lowest BCUT2D eigenvalue weighted by Gasteiger charge is -2.22. The molecule has 188 valence electrons. The molecule has 3 rings (SSSR count). The van der Waals surface area contributed by atoms with Gasteiger partial charge in [-0.2, -0.15) is 8.62 Å². The van der Waals surface area contributed by atoms with Crippen LogP contribution in [-0.2, 0) is 38.1 Å². The molecule has 1 aromatic heterocycles. The van der Waals surface area contributed by atoms with E-state index in [-0.39, 0.29) is 6.54 Å². The number of rotatable bonds is 9. The highest BCUT2D eigenvalue weighted by molar-refractivity contribution is 7.66. The Labute approximate surface area is 185 Å². The van der Waals surface area contributed by atoms with Crippen molar-refractivity contribution in [2.75, 3.05) is 11.9 Å². The predicted octanol–water partition coefficient (Wildman–Crippen LogP) is -1.68. The van der Waals surface area contributed by atoms with Gasteiger partial charge in [0.05, 0.1) is 12.9 Å². The third-order valence-corrected chi connectivity index (χ3v) is 8.34. The van der Waals surface area contributed by atoms with Gasteiger partial charge in [-0.1, -0.05) is 0 Å². The van der Waals surface area contributed by atoms with Crippen LogP contribution in [0.2, 0.25) is 0 Å². The largest absolute Gasteiger partial charge is 0.490 e. The van der Waals surface area contributed by atoms with Gasteiger partial charge in [0.1, 0.15) is 30.3 Å². The summed E-state index contributed by atoms with van der Waals surface area (Å²) in [7, 11) is -16.7. The van der Waals surface area contributed by atoms with Crippen molar-refractivity contribution in [2.24, 2.45) is 16.5 Å². The number of anilines is 1. The Balaban J connectivity index is 1.71. The summed E-state index contributed by atoms with van der Waals surface area (Å²) in [4.78, 5) is 39.8. The van der Waals surface area contributed by atoms with Gasteiger partial charge in [0.15, 0.2) is 6.23 Å². The van der Waals surface area contributed by atoms with E-state index in [1.807, 2.05) is 0 Å². The molecular formula is C12H22N5O13P3. The summed E-state index contributed by atoms with van der Waals surface area (Å²) in [6.07, 6.45) is -3.84. The number of aliphatic hydroxyl groups excluding tert-OH is 2. The van der Waals surface area contributed by atoms with Gasteiger partial charge in [0.25, 0.3) is 0 Å². The van der Waals surface area contributed by atoms with Crippen LogP contribution in [0.25, 0.3) is 0 Å². The van der Waals surface area contributed by atoms with Crippen molar-refractivity contribution in [3.05, 3.63) is 17.3 Å². The van der Waals surface area contributed by atoms with Gasteiger partial charge in [0, 0.05) is 18.3 Å². The highest BCUT2D eigenvalue weighted by atomic mass is 31.3. The number of nitrogens with zero attached hydrogens (tertiary/aromatic N) is 2. The zero-order valence-corrected chi connectivity index (χ0v) is 19.1. The molecule has 5 unspecified atom stereocenters. The van der Waals surface area contributed by atoms with Crippen LogP contribution in [-0.4, -0.2) is 65.6 Å². The molecule has 0 aromatic carbocycles. The molecule has 7 atom stereocenters. The van der Waals surface area contributed by atoms with Gasteiger partial charge in [-0.25, -0.2) is 13.7 Å². The van der Waals surface area contributed by atoms with Gasteiger partial charge in [0.2, 0.25) is 0 Å². The number of phosphoric acid groups is 3. The molecule has 2 aliphatic heterocycles. The van der Waals surface area contributed by atoms with Crippen LogP contribution >= 0.6 is 23.5 Å². The summed E-state index contributed by atoms with van der Waals surface area (Å²) in [6.45, 7) is -0.874. The SMILES string of the molecule is NCc1cn([C@@H]2O[C@H](COP(=O)(O)OP(=O)(O)OP(=O)(O)O)C(O)C2O)c2c1C(N)N=CN2. The van der Waals surface area contributed by atoms with Crippen LogP contribution in [0, 0.1) is 0 Å². The molecule has 0 amide bonds. The van der Waals surface area contributed by atoms with Crippen molar-refractivity contribution in [1.82, 2.24) is 4.57 Å². The number of aliphatic hydroxyl groups is 2. The van der Waals surface area contributed by atoms with E-state index in [1.54, 1.807) is 0 Å². The second kappa shape index (κ2) is 9.54. The number of hydrogen-bond donors (Lipinski definition) is 9. The standard InChI is InChI=1S/C12H22N5O13P3/c13-1-5-2-17(11-7(5)10(14)15-4-16-11)12-9(19)8(18)6(28-12)3-27-32(23,24)30-33(25,26)29-31(20,21)22/h2,4,6,8-10,12,18-19H,1,3,13-14H2,(H,15,16)(H,23,24)(H,25,26)(H2,20,21,22)/t6-,8?,9?,10?,12-/m1/s1. The topological polar surface area (TPSA) is 291 Å². The maximum absolute atomic E-state index is 11.9. The van der Waals surface area contributed by atoms with Crippen molar-refractivity contribution in [2.45, 2.75) is 37.3 Å². The minimum Gasteiger partial charge on any atom is -0.387 e. The second-order valence-corrected chi connectivity index (χ2v) is 11.2. The molecule has 11 N–H and O–H groups in total. The molecular weight excluding hydrogens is 515 g/mol. The molecule has 0 aliphatic carbocycles. The number of fused-ring (bicyclic) bond motifs is 1. The van der Waals surface area contributed by atoms with E-state index in [4.69, 9.17) is 30.9 Å². The first-order chi connectivity index (χ1) is 15.1. The maximum Gasteiger partial charge on any atom is 0.490 e. The Kier molecular flexibility index (Phi) is 7.68. The first-order valence-corrected chi connectivity index (χ1v) is 13.4. The molecule has 21 heteroatoms. The molecule has 0 bridgehead atoms. The second-order valence-electron chi connectivity index (χ2n) is 6.83. The van der Waals surface area contributed by atoms with Gasteiger partial charge >= 0.3 is 23.5 Å². The van der Waals surface area contributed by atoms with Gasteiger partial charge < -0.3 is 55.9 Å². The quantitative estimate of drug-likeness (QED) is 0.159. The number of nitrogens with one attached hydrogen (secondary N) is 1. The summed E-state index contributed by atoms with van der Waals surface area (Å²) >= 11 is 0. The van der Waals surface area contributed by atoms with E-state index in [0.29, 0.717) is 16.9 Å². The lowest BCUT2D eigenvalue weighted by Crippen LogP contribution is -2.33. The van der Waals surface area contributed by atoms with Crippen LogP contribution in [0.5, 0.6) is 0 Å². The van der Waals surface area contributed by atoms with Crippen molar-refractivity contribution < 1.29 is 61.4 Å². The molecule has 2 aliphatic rings. The molecule has 0 radical (unpaired) electrons. The summed E-state index contributed by atoms with van der Waals surface area (Å²) in [6, 6.07) is 0. The normalized spacial score (nSPS) is 31.0. The molecule has 1 saturated heterocycles. The number of hydrogen-bond acceptors (Lipinski definition) is 13. The molecule has 33 heavy (non-hydrogen) atoms. The highest BCUT2D eigenvalue weighted by Gasteiger charge is 2.47. The van der Waals surface area contributed by atoms with Crippen molar-refractivity contribution >= 4 is 35.6 Å². The molecule has 0 saturated carbocycles. The third kappa shape index (κ3) is 6.15. The van der Waals surface area contributed by atoms with E-state index in [0.717, 1.165) is 0 Å². The van der Waals surface area contributed by atoms with Crippen molar-refractivity contribution in [3.63, 3.8) is 0 Å². The van der Waals surface area contributed by atoms with Crippen molar-refractivity contribution in [3.8, 4) is 0 Å². The zero-order valence-electron chi connectivity index (χ0n) is 16.4. The highest BCUT2D eigenvalue weighted by Crippen LogP contribution is 2.66. The van der Waals surface area contributed by atoms with Crippen LogP contribution < -0.4 is 16.8 Å². The van der Waals surface area contributed by atoms with Gasteiger partial charge in [-0.3, -0.25) is 9.52 Å². The predicted molar refractivity (Wildman–Crippen MR) is 107 cm³/mol. The van der Waals surface area contributed by atoms with Gasteiger partial charge in [-0.15, -0.1) is 0 Å². The fraction of sp³-hybridized carbons (Fsp3) is 0.583. The lowest BCUT2D eigenvalue weighted by molar-refractivity contribution is -0.0508. The molecule has 1 aromatic rings. The molecule has 1 fully saturated rings. The fourth-order valence-electron chi connectivity index (χ4n) is 3.26. The third-order valence-electron chi connectivity index (χ3n) is 4.54. The Morgan fingerprint density at radius 3 is 2.39 bits per heavy atom. The Hall–Kier alpha value is -1.04. The Morgan fingerprint density at radius 1 is 1.12 bits per heavy atom. The van der Waals surface area contributed by atoms with E-state index in [1.165, 1.54) is 17.1 Å². The summed E-state index contributed by atoms with van der Waals surface area (Å²) in [5, 5.41) is 23.6. The summed E-state index contributed by atoms with van der Waals surface area (Å²) < 4.78 is 52.5. The minimum atomic E-state index is -5.71. The molecule has 3 heterocycles. The number of phosphoric ester groups is 1. The monoisotopic (exact) mass is 537 g/mol. The first-order valence-electron chi connectivity index (χ1n) is 8.91.